The molecule has 1 aromatic rings. The number of nitrogens with zero attached hydrogens (tertiary/aromatic N) is 1. The smallest absolute Gasteiger partial charge is 0.387 e. The van der Waals surface area contributed by atoms with Gasteiger partial charge in [0.25, 0.3) is 5.91 Å². The standard InChI is InChI=1S/C17H22F2N2O2/c18-17(19)23-15-3-1-2-13(10-15)16(22)21-8-6-14(7-9-21)20-11-12-4-5-12/h1-3,10,12,14,17,20H,4-9,11H2. The van der Waals surface area contributed by atoms with E-state index in [0.717, 1.165) is 25.3 Å². The Morgan fingerprint density at radius 1 is 1.26 bits per heavy atom. The van der Waals surface area contributed by atoms with Crippen molar-refractivity contribution in [1.29, 1.82) is 0 Å². The summed E-state index contributed by atoms with van der Waals surface area (Å²) < 4.78 is 28.9. The molecule has 1 amide bonds. The van der Waals surface area contributed by atoms with E-state index in [0.29, 0.717) is 24.7 Å². The van der Waals surface area contributed by atoms with Crippen molar-refractivity contribution < 1.29 is 18.3 Å². The summed E-state index contributed by atoms with van der Waals surface area (Å²) in [5.41, 5.74) is 0.396. The van der Waals surface area contributed by atoms with Gasteiger partial charge in [0.05, 0.1) is 0 Å². The van der Waals surface area contributed by atoms with Crippen molar-refractivity contribution >= 4 is 5.91 Å². The molecule has 1 saturated heterocycles. The monoisotopic (exact) mass is 324 g/mol. The summed E-state index contributed by atoms with van der Waals surface area (Å²) in [6, 6.07) is 6.49. The highest BCUT2D eigenvalue weighted by Crippen LogP contribution is 2.28. The van der Waals surface area contributed by atoms with Gasteiger partial charge in [-0.1, -0.05) is 6.07 Å². The Kier molecular flexibility index (Phi) is 5.10. The first-order chi connectivity index (χ1) is 11.1. The van der Waals surface area contributed by atoms with Crippen LogP contribution in [-0.4, -0.2) is 43.1 Å². The topological polar surface area (TPSA) is 41.6 Å². The van der Waals surface area contributed by atoms with Gasteiger partial charge in [0, 0.05) is 24.7 Å². The molecule has 0 aromatic heterocycles. The summed E-state index contributed by atoms with van der Waals surface area (Å²) in [7, 11) is 0. The van der Waals surface area contributed by atoms with Crippen LogP contribution < -0.4 is 10.1 Å². The number of hydrogen-bond donors (Lipinski definition) is 1. The number of carbonyl (C=O) groups is 1. The Morgan fingerprint density at radius 3 is 2.65 bits per heavy atom. The summed E-state index contributed by atoms with van der Waals surface area (Å²) in [6.45, 7) is -0.401. The molecular formula is C17H22F2N2O2. The van der Waals surface area contributed by atoms with Gasteiger partial charge in [0.2, 0.25) is 0 Å². The second-order valence-electron chi connectivity index (χ2n) is 6.32. The molecule has 4 nitrogen and oxygen atoms in total. The highest BCUT2D eigenvalue weighted by atomic mass is 19.3. The maximum absolute atomic E-state index is 12.5. The minimum atomic E-state index is -2.88. The number of carbonyl (C=O) groups excluding carboxylic acids is 1. The number of likely N-dealkylation sites (tertiary alicyclic amines) is 1. The van der Waals surface area contributed by atoms with Crippen LogP contribution in [0, 0.1) is 5.92 Å². The molecule has 0 radical (unpaired) electrons. The number of piperidine rings is 1. The van der Waals surface area contributed by atoms with Crippen LogP contribution in [0.15, 0.2) is 24.3 Å². The van der Waals surface area contributed by atoms with Crippen molar-refractivity contribution in [3.8, 4) is 5.75 Å². The van der Waals surface area contributed by atoms with E-state index in [2.05, 4.69) is 10.1 Å². The summed E-state index contributed by atoms with van der Waals surface area (Å²) in [4.78, 5) is 14.3. The molecule has 1 heterocycles. The molecule has 1 aliphatic heterocycles. The van der Waals surface area contributed by atoms with Gasteiger partial charge < -0.3 is 15.0 Å². The van der Waals surface area contributed by atoms with Gasteiger partial charge in [-0.25, -0.2) is 0 Å². The molecule has 2 fully saturated rings. The van der Waals surface area contributed by atoms with Crippen LogP contribution in [0.5, 0.6) is 5.75 Å². The second-order valence-corrected chi connectivity index (χ2v) is 6.32. The lowest BCUT2D eigenvalue weighted by molar-refractivity contribution is -0.0499. The summed E-state index contributed by atoms with van der Waals surface area (Å²) in [5, 5.41) is 3.57. The van der Waals surface area contributed by atoms with E-state index in [4.69, 9.17) is 0 Å². The van der Waals surface area contributed by atoms with Crippen molar-refractivity contribution in [2.24, 2.45) is 5.92 Å². The fourth-order valence-corrected chi connectivity index (χ4v) is 2.93. The number of ether oxygens (including phenoxy) is 1. The predicted octanol–water partition coefficient (Wildman–Crippen LogP) is 2.89. The van der Waals surface area contributed by atoms with E-state index < -0.39 is 6.61 Å². The molecule has 0 bridgehead atoms. The lowest BCUT2D eigenvalue weighted by Crippen LogP contribution is -2.45. The van der Waals surface area contributed by atoms with Crippen LogP contribution in [-0.2, 0) is 0 Å². The number of benzene rings is 1. The Morgan fingerprint density at radius 2 is 2.00 bits per heavy atom. The molecule has 1 aromatic carbocycles. The quantitative estimate of drug-likeness (QED) is 0.875. The van der Waals surface area contributed by atoms with Crippen LogP contribution >= 0.6 is 0 Å². The third-order valence-corrected chi connectivity index (χ3v) is 4.48. The molecule has 0 atom stereocenters. The van der Waals surface area contributed by atoms with E-state index in [9.17, 15) is 13.6 Å². The number of halogens is 2. The van der Waals surface area contributed by atoms with E-state index in [1.54, 1.807) is 17.0 Å². The predicted molar refractivity (Wildman–Crippen MR) is 82.7 cm³/mol. The fraction of sp³-hybridized carbons (Fsp3) is 0.588. The average molecular weight is 324 g/mol. The Balaban J connectivity index is 1.52. The third kappa shape index (κ3) is 4.64. The molecular weight excluding hydrogens is 302 g/mol. The van der Waals surface area contributed by atoms with Crippen LogP contribution in [0.1, 0.15) is 36.0 Å². The van der Waals surface area contributed by atoms with Crippen molar-refractivity contribution in [1.82, 2.24) is 10.2 Å². The first-order valence-corrected chi connectivity index (χ1v) is 8.19. The van der Waals surface area contributed by atoms with Crippen LogP contribution in [0.2, 0.25) is 0 Å². The molecule has 23 heavy (non-hydrogen) atoms. The van der Waals surface area contributed by atoms with Crippen molar-refractivity contribution in [3.05, 3.63) is 29.8 Å². The summed E-state index contributed by atoms with van der Waals surface area (Å²) in [5.74, 6) is 0.754. The largest absolute Gasteiger partial charge is 0.435 e. The molecule has 1 aliphatic carbocycles. The van der Waals surface area contributed by atoms with Gasteiger partial charge in [-0.2, -0.15) is 8.78 Å². The number of hydrogen-bond acceptors (Lipinski definition) is 3. The normalized spacial score (nSPS) is 19.2. The van der Waals surface area contributed by atoms with Crippen molar-refractivity contribution in [2.75, 3.05) is 19.6 Å². The number of nitrogens with one attached hydrogen (secondary N) is 1. The Hall–Kier alpha value is -1.69. The third-order valence-electron chi connectivity index (χ3n) is 4.48. The van der Waals surface area contributed by atoms with Gasteiger partial charge in [0.15, 0.2) is 0 Å². The Labute approximate surface area is 134 Å². The number of rotatable bonds is 6. The molecule has 126 valence electrons. The van der Waals surface area contributed by atoms with Crippen LogP contribution in [0.25, 0.3) is 0 Å². The van der Waals surface area contributed by atoms with E-state index in [1.165, 1.54) is 25.0 Å². The molecule has 3 rings (SSSR count). The fourth-order valence-electron chi connectivity index (χ4n) is 2.93. The van der Waals surface area contributed by atoms with Gasteiger partial charge in [0.1, 0.15) is 5.75 Å². The van der Waals surface area contributed by atoms with Gasteiger partial charge in [-0.05, 0) is 56.3 Å². The molecule has 0 spiro atoms. The molecule has 1 N–H and O–H groups in total. The summed E-state index contributed by atoms with van der Waals surface area (Å²) >= 11 is 0. The van der Waals surface area contributed by atoms with Gasteiger partial charge in [-0.15, -0.1) is 0 Å². The molecule has 1 saturated carbocycles. The first kappa shape index (κ1) is 16.2. The molecule has 0 unspecified atom stereocenters. The maximum atomic E-state index is 12.5. The highest BCUT2D eigenvalue weighted by molar-refractivity contribution is 5.94. The first-order valence-electron chi connectivity index (χ1n) is 8.19. The van der Waals surface area contributed by atoms with E-state index >= 15 is 0 Å². The SMILES string of the molecule is O=C(c1cccc(OC(F)F)c1)N1CCC(NCC2CC2)CC1. The van der Waals surface area contributed by atoms with Crippen LogP contribution in [0.3, 0.4) is 0 Å². The minimum absolute atomic E-state index is 0.0202. The van der Waals surface area contributed by atoms with Gasteiger partial charge in [-0.3, -0.25) is 4.79 Å². The lowest BCUT2D eigenvalue weighted by atomic mass is 10.0. The van der Waals surface area contributed by atoms with E-state index in [1.807, 2.05) is 0 Å². The van der Waals surface area contributed by atoms with Crippen molar-refractivity contribution in [2.45, 2.75) is 38.3 Å². The summed E-state index contributed by atoms with van der Waals surface area (Å²) in [6.07, 6.45) is 4.54. The van der Waals surface area contributed by atoms with Crippen LogP contribution in [0.4, 0.5) is 8.78 Å². The zero-order chi connectivity index (χ0) is 16.2. The molecule has 2 aliphatic rings. The Bertz CT molecular complexity index is 541. The zero-order valence-electron chi connectivity index (χ0n) is 13.0. The zero-order valence-corrected chi connectivity index (χ0v) is 13.0. The number of amides is 1. The van der Waals surface area contributed by atoms with Gasteiger partial charge >= 0.3 is 6.61 Å². The minimum Gasteiger partial charge on any atom is -0.435 e. The lowest BCUT2D eigenvalue weighted by Gasteiger charge is -2.32. The van der Waals surface area contributed by atoms with E-state index in [-0.39, 0.29) is 11.7 Å². The second kappa shape index (κ2) is 7.25. The number of alkyl halides is 2. The maximum Gasteiger partial charge on any atom is 0.387 e. The highest BCUT2D eigenvalue weighted by Gasteiger charge is 2.26. The molecule has 6 heteroatoms. The average Bonchev–Trinajstić information content (AvgIpc) is 3.37. The van der Waals surface area contributed by atoms with Crippen molar-refractivity contribution in [3.63, 3.8) is 0 Å².